The van der Waals surface area contributed by atoms with Crippen molar-refractivity contribution in [1.82, 2.24) is 0 Å². The lowest BCUT2D eigenvalue weighted by molar-refractivity contribution is -0.116. The van der Waals surface area contributed by atoms with E-state index in [0.29, 0.717) is 13.0 Å². The van der Waals surface area contributed by atoms with Crippen LogP contribution in [0.15, 0.2) is 11.4 Å². The van der Waals surface area contributed by atoms with Crippen LogP contribution in [0.1, 0.15) is 18.4 Å². The van der Waals surface area contributed by atoms with Crippen LogP contribution in [0.2, 0.25) is 0 Å². The maximum Gasteiger partial charge on any atom is 0.225 e. The Labute approximate surface area is 81.9 Å². The number of carbonyl (C=O) groups is 1. The van der Waals surface area contributed by atoms with Crippen molar-refractivity contribution in [2.24, 2.45) is 5.73 Å². The summed E-state index contributed by atoms with van der Waals surface area (Å²) in [5, 5.41) is 5.76. The molecule has 0 saturated carbocycles. The largest absolute Gasteiger partial charge is 0.330 e. The van der Waals surface area contributed by atoms with Gasteiger partial charge in [-0.1, -0.05) is 0 Å². The Balaban J connectivity index is 2.41. The summed E-state index contributed by atoms with van der Waals surface area (Å²) in [6.07, 6.45) is 1.25. The van der Waals surface area contributed by atoms with Gasteiger partial charge in [-0.3, -0.25) is 4.79 Å². The minimum Gasteiger partial charge on any atom is -0.330 e. The van der Waals surface area contributed by atoms with Crippen molar-refractivity contribution in [3.63, 3.8) is 0 Å². The van der Waals surface area contributed by atoms with Crippen LogP contribution in [0.4, 0.5) is 5.00 Å². The number of nitrogens with two attached hydrogens (primary N) is 1. The number of hydrogen-bond acceptors (Lipinski definition) is 3. The van der Waals surface area contributed by atoms with E-state index in [1.165, 1.54) is 0 Å². The van der Waals surface area contributed by atoms with Gasteiger partial charge in [0, 0.05) is 6.42 Å². The SMILES string of the molecule is Cc1ccsc1NC(=O)CCCN. The molecular weight excluding hydrogens is 184 g/mol. The van der Waals surface area contributed by atoms with E-state index < -0.39 is 0 Å². The minimum absolute atomic E-state index is 0.0519. The van der Waals surface area contributed by atoms with Crippen molar-refractivity contribution in [1.29, 1.82) is 0 Å². The minimum atomic E-state index is 0.0519. The summed E-state index contributed by atoms with van der Waals surface area (Å²) >= 11 is 1.55. The zero-order valence-corrected chi connectivity index (χ0v) is 8.49. The molecule has 4 heteroatoms. The molecule has 0 aliphatic rings. The van der Waals surface area contributed by atoms with Crippen molar-refractivity contribution in [3.05, 3.63) is 17.0 Å². The van der Waals surface area contributed by atoms with Gasteiger partial charge in [0.15, 0.2) is 0 Å². The first-order valence-corrected chi connectivity index (χ1v) is 5.16. The summed E-state index contributed by atoms with van der Waals surface area (Å²) in [6, 6.07) is 1.99. The fraction of sp³-hybridized carbons (Fsp3) is 0.444. The highest BCUT2D eigenvalue weighted by Gasteiger charge is 2.04. The number of rotatable bonds is 4. The average Bonchev–Trinajstić information content (AvgIpc) is 2.48. The highest BCUT2D eigenvalue weighted by atomic mass is 32.1. The van der Waals surface area contributed by atoms with Crippen LogP contribution in [0.3, 0.4) is 0 Å². The second kappa shape index (κ2) is 4.99. The molecule has 0 aliphatic carbocycles. The fourth-order valence-corrected chi connectivity index (χ4v) is 1.79. The van der Waals surface area contributed by atoms with Crippen LogP contribution >= 0.6 is 11.3 Å². The van der Waals surface area contributed by atoms with E-state index in [1.807, 2.05) is 18.4 Å². The molecule has 13 heavy (non-hydrogen) atoms. The van der Waals surface area contributed by atoms with Gasteiger partial charge in [-0.25, -0.2) is 0 Å². The van der Waals surface area contributed by atoms with Crippen LogP contribution in [-0.4, -0.2) is 12.5 Å². The van der Waals surface area contributed by atoms with Crippen molar-refractivity contribution < 1.29 is 4.79 Å². The molecule has 0 bridgehead atoms. The lowest BCUT2D eigenvalue weighted by atomic mass is 10.3. The van der Waals surface area contributed by atoms with Gasteiger partial charge in [0.05, 0.1) is 5.00 Å². The number of thiophene rings is 1. The molecule has 0 atom stereocenters. The second-order valence-electron chi connectivity index (χ2n) is 2.87. The predicted octanol–water partition coefficient (Wildman–Crippen LogP) is 1.73. The Kier molecular flexibility index (Phi) is 3.92. The number of hydrogen-bond donors (Lipinski definition) is 2. The molecule has 0 aromatic carbocycles. The Bertz CT molecular complexity index is 283. The van der Waals surface area contributed by atoms with Crippen LogP contribution in [0.5, 0.6) is 0 Å². The van der Waals surface area contributed by atoms with Gasteiger partial charge in [-0.05, 0) is 36.9 Å². The first-order chi connectivity index (χ1) is 6.24. The average molecular weight is 198 g/mol. The van der Waals surface area contributed by atoms with Crippen molar-refractivity contribution in [3.8, 4) is 0 Å². The molecule has 1 rings (SSSR count). The van der Waals surface area contributed by atoms with Gasteiger partial charge < -0.3 is 11.1 Å². The molecule has 0 unspecified atom stereocenters. The number of anilines is 1. The van der Waals surface area contributed by atoms with Gasteiger partial charge in [0.25, 0.3) is 0 Å². The highest BCUT2D eigenvalue weighted by molar-refractivity contribution is 7.14. The standard InChI is InChI=1S/C9H14N2OS/c1-7-4-6-13-9(7)11-8(12)3-2-5-10/h4,6H,2-3,5,10H2,1H3,(H,11,12). The number of carbonyl (C=O) groups excluding carboxylic acids is 1. The molecule has 0 fully saturated rings. The lowest BCUT2D eigenvalue weighted by Gasteiger charge is -2.02. The molecule has 0 saturated heterocycles. The Morgan fingerprint density at radius 2 is 2.46 bits per heavy atom. The van der Waals surface area contributed by atoms with E-state index in [2.05, 4.69) is 5.32 Å². The summed E-state index contributed by atoms with van der Waals surface area (Å²) in [4.78, 5) is 11.3. The van der Waals surface area contributed by atoms with E-state index >= 15 is 0 Å². The molecule has 3 N–H and O–H groups in total. The third kappa shape index (κ3) is 3.16. The molecule has 1 aromatic rings. The van der Waals surface area contributed by atoms with E-state index in [1.54, 1.807) is 11.3 Å². The fourth-order valence-electron chi connectivity index (χ4n) is 0.953. The number of nitrogens with one attached hydrogen (secondary N) is 1. The van der Waals surface area contributed by atoms with E-state index in [-0.39, 0.29) is 5.91 Å². The quantitative estimate of drug-likeness (QED) is 0.774. The first-order valence-electron chi connectivity index (χ1n) is 4.28. The third-order valence-electron chi connectivity index (χ3n) is 1.72. The lowest BCUT2D eigenvalue weighted by Crippen LogP contribution is -2.12. The van der Waals surface area contributed by atoms with E-state index in [9.17, 15) is 4.79 Å². The van der Waals surface area contributed by atoms with Crippen molar-refractivity contribution in [2.75, 3.05) is 11.9 Å². The molecule has 1 aromatic heterocycles. The Morgan fingerprint density at radius 1 is 1.69 bits per heavy atom. The molecule has 0 aliphatic heterocycles. The monoisotopic (exact) mass is 198 g/mol. The predicted molar refractivity (Wildman–Crippen MR) is 56.0 cm³/mol. The first kappa shape index (κ1) is 10.2. The third-order valence-corrected chi connectivity index (χ3v) is 2.65. The second-order valence-corrected chi connectivity index (χ2v) is 3.79. The summed E-state index contributed by atoms with van der Waals surface area (Å²) in [6.45, 7) is 2.55. The Hall–Kier alpha value is -0.870. The normalized spacial score (nSPS) is 10.0. The maximum atomic E-state index is 11.3. The summed E-state index contributed by atoms with van der Waals surface area (Å²) in [5.74, 6) is 0.0519. The Morgan fingerprint density at radius 3 is 3.00 bits per heavy atom. The molecule has 0 radical (unpaired) electrons. The zero-order valence-electron chi connectivity index (χ0n) is 7.67. The summed E-state index contributed by atoms with van der Waals surface area (Å²) < 4.78 is 0. The van der Waals surface area contributed by atoms with Gasteiger partial charge in [-0.2, -0.15) is 0 Å². The maximum absolute atomic E-state index is 11.3. The number of aryl methyl sites for hydroxylation is 1. The van der Waals surface area contributed by atoms with Gasteiger partial charge in [-0.15, -0.1) is 11.3 Å². The molecule has 0 spiro atoms. The topological polar surface area (TPSA) is 55.1 Å². The molecule has 3 nitrogen and oxygen atoms in total. The van der Waals surface area contributed by atoms with Crippen LogP contribution in [0.25, 0.3) is 0 Å². The highest BCUT2D eigenvalue weighted by Crippen LogP contribution is 2.21. The smallest absolute Gasteiger partial charge is 0.225 e. The summed E-state index contributed by atoms with van der Waals surface area (Å²) in [5.41, 5.74) is 6.42. The van der Waals surface area contributed by atoms with Crippen LogP contribution < -0.4 is 11.1 Å². The molecule has 72 valence electrons. The van der Waals surface area contributed by atoms with E-state index in [0.717, 1.165) is 17.0 Å². The van der Waals surface area contributed by atoms with Crippen LogP contribution in [0, 0.1) is 6.92 Å². The van der Waals surface area contributed by atoms with Crippen LogP contribution in [-0.2, 0) is 4.79 Å². The van der Waals surface area contributed by atoms with Gasteiger partial charge >= 0.3 is 0 Å². The van der Waals surface area contributed by atoms with Crippen molar-refractivity contribution in [2.45, 2.75) is 19.8 Å². The summed E-state index contributed by atoms with van der Waals surface area (Å²) in [7, 11) is 0. The van der Waals surface area contributed by atoms with Gasteiger partial charge in [0.2, 0.25) is 5.91 Å². The number of amides is 1. The zero-order chi connectivity index (χ0) is 9.68. The molecule has 1 amide bonds. The van der Waals surface area contributed by atoms with Gasteiger partial charge in [0.1, 0.15) is 0 Å². The molecular formula is C9H14N2OS. The van der Waals surface area contributed by atoms with Crippen molar-refractivity contribution >= 4 is 22.2 Å². The van der Waals surface area contributed by atoms with E-state index in [4.69, 9.17) is 5.73 Å². The molecule has 1 heterocycles.